The van der Waals surface area contributed by atoms with Crippen molar-refractivity contribution in [2.75, 3.05) is 13.1 Å². The number of rotatable bonds is 1. The molecule has 3 rings (SSSR count). The normalized spacial score (nSPS) is 26.5. The zero-order valence-electron chi connectivity index (χ0n) is 9.28. The van der Waals surface area contributed by atoms with E-state index in [2.05, 4.69) is 0 Å². The molecule has 2 atom stereocenters. The number of hydrogen-bond donors (Lipinski definition) is 0. The van der Waals surface area contributed by atoms with E-state index >= 15 is 0 Å². The molecule has 1 saturated heterocycles. The maximum absolute atomic E-state index is 11.7. The van der Waals surface area contributed by atoms with Crippen LogP contribution in [0.2, 0.25) is 0 Å². The zero-order chi connectivity index (χ0) is 12.0. The molecule has 0 aromatic carbocycles. The lowest BCUT2D eigenvalue weighted by Gasteiger charge is -2.38. The molecule has 17 heavy (non-hydrogen) atoms. The van der Waals surface area contributed by atoms with E-state index in [1.807, 2.05) is 6.07 Å². The molecule has 0 unspecified atom stereocenters. The lowest BCUT2D eigenvalue weighted by Crippen LogP contribution is -2.48. The molecule has 0 aliphatic carbocycles. The first-order chi connectivity index (χ1) is 8.15. The Hall–Kier alpha value is -1.85. The van der Waals surface area contributed by atoms with Crippen LogP contribution in [0.1, 0.15) is 18.0 Å². The topological polar surface area (TPSA) is 68.4 Å². The monoisotopic (exact) mass is 235 g/mol. The first-order valence-electron chi connectivity index (χ1n) is 5.74. The van der Waals surface area contributed by atoms with E-state index in [0.717, 1.165) is 12.1 Å². The number of aromatic nitrogens is 1. The Bertz CT molecular complexity index is 525. The molecule has 2 aliphatic heterocycles. The minimum absolute atomic E-state index is 0.00625. The lowest BCUT2D eigenvalue weighted by atomic mass is 9.84. The smallest absolute Gasteiger partial charge is 0.250 e. The Morgan fingerprint density at radius 3 is 2.88 bits per heavy atom. The van der Waals surface area contributed by atoms with Gasteiger partial charge in [0.2, 0.25) is 0 Å². The summed E-state index contributed by atoms with van der Waals surface area (Å²) in [5.74, 6) is 0.327. The second kappa shape index (κ2) is 3.58. The standard InChI is InChI=1S/C11H13N3O3/c15-11-3-1-2-10-9-4-8(6-13(10)11)5-12(7-9)14(16)17/h1-3,8-9H,4-7H2/t8-,9+/m1/s1. The van der Waals surface area contributed by atoms with Crippen molar-refractivity contribution in [3.05, 3.63) is 44.4 Å². The minimum atomic E-state index is -0.324. The van der Waals surface area contributed by atoms with Gasteiger partial charge in [-0.05, 0) is 12.5 Å². The summed E-state index contributed by atoms with van der Waals surface area (Å²) in [5.41, 5.74) is 0.951. The average molecular weight is 235 g/mol. The minimum Gasteiger partial charge on any atom is -0.312 e. The predicted octanol–water partition coefficient (Wildman–Crippen LogP) is 0.459. The van der Waals surface area contributed by atoms with Crippen molar-refractivity contribution in [3.8, 4) is 0 Å². The van der Waals surface area contributed by atoms with Gasteiger partial charge in [0.15, 0.2) is 5.03 Å². The number of nitrogens with zero attached hydrogens (tertiary/aromatic N) is 3. The van der Waals surface area contributed by atoms with Gasteiger partial charge in [0.05, 0.1) is 13.1 Å². The molecule has 0 spiro atoms. The van der Waals surface area contributed by atoms with Gasteiger partial charge >= 0.3 is 0 Å². The number of pyridine rings is 1. The van der Waals surface area contributed by atoms with Crippen LogP contribution in [0, 0.1) is 16.0 Å². The molecular formula is C11H13N3O3. The number of fused-ring (bicyclic) bond motifs is 4. The van der Waals surface area contributed by atoms with Gasteiger partial charge in [0.1, 0.15) is 0 Å². The first kappa shape index (κ1) is 10.3. The second-order valence-corrected chi connectivity index (χ2v) is 4.81. The molecule has 6 nitrogen and oxygen atoms in total. The number of hydrazine groups is 1. The van der Waals surface area contributed by atoms with Crippen LogP contribution in [0.5, 0.6) is 0 Å². The quantitative estimate of drug-likeness (QED) is 0.524. The van der Waals surface area contributed by atoms with E-state index in [9.17, 15) is 14.9 Å². The van der Waals surface area contributed by atoms with Crippen LogP contribution in [-0.2, 0) is 6.54 Å². The van der Waals surface area contributed by atoms with Gasteiger partial charge in [-0.25, -0.2) is 10.1 Å². The van der Waals surface area contributed by atoms with E-state index in [4.69, 9.17) is 0 Å². The zero-order valence-corrected chi connectivity index (χ0v) is 9.28. The molecule has 0 radical (unpaired) electrons. The first-order valence-corrected chi connectivity index (χ1v) is 5.74. The number of hydrogen-bond acceptors (Lipinski definition) is 3. The van der Waals surface area contributed by atoms with Crippen LogP contribution in [0.25, 0.3) is 0 Å². The molecule has 0 N–H and O–H groups in total. The van der Waals surface area contributed by atoms with Gasteiger partial charge in [-0.3, -0.25) is 4.79 Å². The van der Waals surface area contributed by atoms with Crippen molar-refractivity contribution in [3.63, 3.8) is 0 Å². The van der Waals surface area contributed by atoms with Crippen molar-refractivity contribution < 1.29 is 5.03 Å². The summed E-state index contributed by atoms with van der Waals surface area (Å²) < 4.78 is 1.77. The van der Waals surface area contributed by atoms with E-state index in [-0.39, 0.29) is 22.4 Å². The largest absolute Gasteiger partial charge is 0.312 e. The third-order valence-electron chi connectivity index (χ3n) is 3.69. The SMILES string of the molecule is O=c1cccc2n1C[C@@H]1C[C@H]2CN([N+](=O)[O-])C1. The maximum atomic E-state index is 11.7. The van der Waals surface area contributed by atoms with Crippen LogP contribution >= 0.6 is 0 Å². The molecule has 1 aromatic rings. The van der Waals surface area contributed by atoms with Gasteiger partial charge in [0, 0.05) is 30.1 Å². The fraction of sp³-hybridized carbons (Fsp3) is 0.545. The highest BCUT2D eigenvalue weighted by molar-refractivity contribution is 5.16. The summed E-state index contributed by atoms with van der Waals surface area (Å²) >= 11 is 0. The van der Waals surface area contributed by atoms with Crippen molar-refractivity contribution in [2.45, 2.75) is 18.9 Å². The molecular weight excluding hydrogens is 222 g/mol. The summed E-state index contributed by atoms with van der Waals surface area (Å²) in [5, 5.41) is 11.8. The Morgan fingerprint density at radius 2 is 2.12 bits per heavy atom. The van der Waals surface area contributed by atoms with E-state index in [1.165, 1.54) is 5.01 Å². The van der Waals surface area contributed by atoms with E-state index < -0.39 is 0 Å². The lowest BCUT2D eigenvalue weighted by molar-refractivity contribution is -0.660. The van der Waals surface area contributed by atoms with Gasteiger partial charge in [-0.1, -0.05) is 6.07 Å². The summed E-state index contributed by atoms with van der Waals surface area (Å²) in [6.45, 7) is 1.47. The molecule has 3 heterocycles. The molecule has 1 aromatic heterocycles. The summed E-state index contributed by atoms with van der Waals surface area (Å²) in [4.78, 5) is 22.6. The summed E-state index contributed by atoms with van der Waals surface area (Å²) in [7, 11) is 0. The fourth-order valence-electron chi connectivity index (χ4n) is 3.00. The third kappa shape index (κ3) is 1.60. The highest BCUT2D eigenvalue weighted by Gasteiger charge is 2.38. The molecule has 2 aliphatic rings. The second-order valence-electron chi connectivity index (χ2n) is 4.81. The highest BCUT2D eigenvalue weighted by Crippen LogP contribution is 2.34. The average Bonchev–Trinajstić information content (AvgIpc) is 2.30. The van der Waals surface area contributed by atoms with Gasteiger partial charge < -0.3 is 4.57 Å². The maximum Gasteiger partial charge on any atom is 0.250 e. The van der Waals surface area contributed by atoms with E-state index in [0.29, 0.717) is 19.6 Å². The molecule has 1 fully saturated rings. The highest BCUT2D eigenvalue weighted by atomic mass is 16.7. The molecule has 6 heteroatoms. The van der Waals surface area contributed by atoms with E-state index in [1.54, 1.807) is 16.7 Å². The van der Waals surface area contributed by atoms with Crippen LogP contribution in [0.15, 0.2) is 23.0 Å². The van der Waals surface area contributed by atoms with Crippen LogP contribution in [0.4, 0.5) is 0 Å². The van der Waals surface area contributed by atoms with Gasteiger partial charge in [-0.2, -0.15) is 0 Å². The predicted molar refractivity (Wildman–Crippen MR) is 60.1 cm³/mol. The van der Waals surface area contributed by atoms with Crippen LogP contribution < -0.4 is 5.56 Å². The van der Waals surface area contributed by atoms with Crippen molar-refractivity contribution in [1.29, 1.82) is 0 Å². The van der Waals surface area contributed by atoms with Gasteiger partial charge in [-0.15, -0.1) is 5.01 Å². The molecule has 90 valence electrons. The number of nitro groups is 1. The fourth-order valence-corrected chi connectivity index (χ4v) is 3.00. The summed E-state index contributed by atoms with van der Waals surface area (Å²) in [6.07, 6.45) is 0.952. The van der Waals surface area contributed by atoms with Crippen molar-refractivity contribution in [2.24, 2.45) is 5.92 Å². The van der Waals surface area contributed by atoms with Crippen molar-refractivity contribution in [1.82, 2.24) is 9.58 Å². The van der Waals surface area contributed by atoms with Crippen LogP contribution in [0.3, 0.4) is 0 Å². The molecule has 0 amide bonds. The Morgan fingerprint density at radius 1 is 1.29 bits per heavy atom. The third-order valence-corrected chi connectivity index (χ3v) is 3.69. The number of piperidine rings is 1. The Labute approximate surface area is 97.6 Å². The summed E-state index contributed by atoms with van der Waals surface area (Å²) in [6, 6.07) is 5.20. The van der Waals surface area contributed by atoms with Crippen LogP contribution in [-0.4, -0.2) is 27.7 Å². The molecule has 0 saturated carbocycles. The van der Waals surface area contributed by atoms with Crippen molar-refractivity contribution >= 4 is 0 Å². The van der Waals surface area contributed by atoms with Gasteiger partial charge in [0.25, 0.3) is 5.56 Å². The Kier molecular flexibility index (Phi) is 2.17. The Balaban J connectivity index is 2.01. The molecule has 2 bridgehead atoms.